The summed E-state index contributed by atoms with van der Waals surface area (Å²) in [5.41, 5.74) is 0.612. The van der Waals surface area contributed by atoms with Gasteiger partial charge in [-0.15, -0.1) is 0 Å². The molecule has 0 aliphatic rings. The molecular weight excluding hydrogens is 354 g/mol. The molecule has 0 saturated heterocycles. The van der Waals surface area contributed by atoms with Crippen LogP contribution in [0.15, 0.2) is 23.0 Å². The van der Waals surface area contributed by atoms with Crippen LogP contribution in [-0.4, -0.2) is 24.9 Å². The Kier molecular flexibility index (Phi) is 9.18. The number of fused-ring (bicyclic) bond motifs is 1. The van der Waals surface area contributed by atoms with Crippen molar-refractivity contribution >= 4 is 10.9 Å². The third-order valence-corrected chi connectivity index (χ3v) is 5.00. The van der Waals surface area contributed by atoms with Gasteiger partial charge in [0.2, 0.25) is 5.75 Å². The van der Waals surface area contributed by atoms with Crippen LogP contribution in [0.2, 0.25) is 0 Å². The summed E-state index contributed by atoms with van der Waals surface area (Å²) in [4.78, 5) is 13.0. The summed E-state index contributed by atoms with van der Waals surface area (Å²) in [6, 6.07) is 5.68. The average molecular weight is 390 g/mol. The quantitative estimate of drug-likeness (QED) is 0.427. The minimum absolute atomic E-state index is 0.168. The molecule has 1 heterocycles. The van der Waals surface area contributed by atoms with Gasteiger partial charge in [-0.05, 0) is 25.0 Å². The van der Waals surface area contributed by atoms with Gasteiger partial charge in [-0.25, -0.2) is 0 Å². The lowest BCUT2D eigenvalue weighted by Crippen LogP contribution is -2.21. The fraction of sp³-hybridized carbons (Fsp3) is 0.609. The maximum Gasteiger partial charge on any atom is 0.297 e. The van der Waals surface area contributed by atoms with Crippen molar-refractivity contribution in [1.29, 1.82) is 0 Å². The maximum absolute atomic E-state index is 13.0. The molecule has 0 amide bonds. The van der Waals surface area contributed by atoms with E-state index in [1.165, 1.54) is 25.7 Å². The van der Waals surface area contributed by atoms with E-state index in [-0.39, 0.29) is 5.56 Å². The standard InChI is InChI=1S/C23H35NO4/c1-5-7-9-10-11-12-16-28-22-21(27-15-8-6-2)19-14-13-18(26-4)17-20(19)24(3)23(22)25/h13-14,17H,5-12,15-16H2,1-4H3. The van der Waals surface area contributed by atoms with Gasteiger partial charge in [0.05, 0.1) is 25.8 Å². The van der Waals surface area contributed by atoms with Crippen molar-refractivity contribution < 1.29 is 14.2 Å². The Hall–Kier alpha value is -2.17. The third kappa shape index (κ3) is 5.66. The molecule has 0 fully saturated rings. The Morgan fingerprint density at radius 3 is 2.21 bits per heavy atom. The van der Waals surface area contributed by atoms with E-state index in [0.29, 0.717) is 30.5 Å². The first-order valence-corrected chi connectivity index (χ1v) is 10.6. The molecule has 5 heteroatoms. The highest BCUT2D eigenvalue weighted by molar-refractivity contribution is 5.89. The van der Waals surface area contributed by atoms with Crippen LogP contribution >= 0.6 is 0 Å². The van der Waals surface area contributed by atoms with Gasteiger partial charge in [0.15, 0.2) is 5.75 Å². The Labute approximate surface area is 168 Å². The summed E-state index contributed by atoms with van der Waals surface area (Å²) in [6.45, 7) is 5.44. The molecular formula is C23H35NO4. The topological polar surface area (TPSA) is 49.7 Å². The Balaban J connectivity index is 2.25. The first kappa shape index (κ1) is 22.1. The molecule has 0 N–H and O–H groups in total. The number of benzene rings is 1. The third-order valence-electron chi connectivity index (χ3n) is 5.00. The van der Waals surface area contributed by atoms with Crippen LogP contribution in [0.5, 0.6) is 17.2 Å². The Morgan fingerprint density at radius 1 is 0.857 bits per heavy atom. The fourth-order valence-corrected chi connectivity index (χ4v) is 3.23. The number of rotatable bonds is 13. The lowest BCUT2D eigenvalue weighted by atomic mass is 10.1. The lowest BCUT2D eigenvalue weighted by molar-refractivity contribution is 0.258. The SMILES string of the molecule is CCCCCCCCOc1c(OCCCC)c2ccc(OC)cc2n(C)c1=O. The number of unbranched alkanes of at least 4 members (excludes halogenated alkanes) is 6. The average Bonchev–Trinajstić information content (AvgIpc) is 2.72. The van der Waals surface area contributed by atoms with Crippen molar-refractivity contribution in [3.63, 3.8) is 0 Å². The fourth-order valence-electron chi connectivity index (χ4n) is 3.23. The second kappa shape index (κ2) is 11.6. The van der Waals surface area contributed by atoms with Gasteiger partial charge in [0.25, 0.3) is 5.56 Å². The zero-order valence-electron chi connectivity index (χ0n) is 17.9. The monoisotopic (exact) mass is 389 g/mol. The highest BCUT2D eigenvalue weighted by Gasteiger charge is 2.18. The number of ether oxygens (including phenoxy) is 3. The molecule has 0 bridgehead atoms. The normalized spacial score (nSPS) is 11.0. The van der Waals surface area contributed by atoms with E-state index in [4.69, 9.17) is 14.2 Å². The molecule has 0 aliphatic carbocycles. The van der Waals surface area contributed by atoms with Crippen LogP contribution in [0, 0.1) is 0 Å². The molecule has 1 aromatic heterocycles. The molecule has 0 unspecified atom stereocenters. The van der Waals surface area contributed by atoms with Crippen molar-refractivity contribution in [3.05, 3.63) is 28.6 Å². The molecule has 1 aromatic carbocycles. The Bertz CT molecular complexity index is 797. The van der Waals surface area contributed by atoms with Gasteiger partial charge < -0.3 is 18.8 Å². The van der Waals surface area contributed by atoms with E-state index < -0.39 is 0 Å². The number of aromatic nitrogens is 1. The van der Waals surface area contributed by atoms with Crippen LogP contribution in [0.1, 0.15) is 65.2 Å². The maximum atomic E-state index is 13.0. The summed E-state index contributed by atoms with van der Waals surface area (Å²) in [5, 5.41) is 0.872. The van der Waals surface area contributed by atoms with Gasteiger partial charge in [0.1, 0.15) is 5.75 Å². The number of pyridine rings is 1. The van der Waals surface area contributed by atoms with E-state index in [9.17, 15) is 4.79 Å². The molecule has 28 heavy (non-hydrogen) atoms. The van der Waals surface area contributed by atoms with Crippen LogP contribution in [0.3, 0.4) is 0 Å². The first-order valence-electron chi connectivity index (χ1n) is 10.6. The summed E-state index contributed by atoms with van der Waals surface area (Å²) in [6.07, 6.45) is 9.04. The second-order valence-electron chi connectivity index (χ2n) is 7.22. The zero-order valence-corrected chi connectivity index (χ0v) is 17.9. The molecule has 2 aromatic rings. The van der Waals surface area contributed by atoms with Gasteiger partial charge in [-0.2, -0.15) is 0 Å². The van der Waals surface area contributed by atoms with Crippen molar-refractivity contribution in [3.8, 4) is 17.2 Å². The molecule has 0 atom stereocenters. The molecule has 0 saturated carbocycles. The number of nitrogens with zero attached hydrogens (tertiary/aromatic N) is 1. The summed E-state index contributed by atoms with van der Waals surface area (Å²) in [5.74, 6) is 1.59. The number of methoxy groups -OCH3 is 1. The minimum atomic E-state index is -0.168. The number of aryl methyl sites for hydroxylation is 1. The molecule has 156 valence electrons. The predicted molar refractivity (Wildman–Crippen MR) is 115 cm³/mol. The molecule has 5 nitrogen and oxygen atoms in total. The van der Waals surface area contributed by atoms with Gasteiger partial charge in [-0.3, -0.25) is 4.79 Å². The van der Waals surface area contributed by atoms with Crippen LogP contribution < -0.4 is 19.8 Å². The van der Waals surface area contributed by atoms with Gasteiger partial charge in [-0.1, -0.05) is 52.4 Å². The van der Waals surface area contributed by atoms with Gasteiger partial charge in [0, 0.05) is 18.5 Å². The van der Waals surface area contributed by atoms with Crippen LogP contribution in [-0.2, 0) is 7.05 Å². The largest absolute Gasteiger partial charge is 0.497 e. The first-order chi connectivity index (χ1) is 13.6. The number of hydrogen-bond acceptors (Lipinski definition) is 4. The van der Waals surface area contributed by atoms with E-state index in [2.05, 4.69) is 13.8 Å². The molecule has 0 spiro atoms. The summed E-state index contributed by atoms with van der Waals surface area (Å²) < 4.78 is 18.9. The van der Waals surface area contributed by atoms with Crippen molar-refractivity contribution in [1.82, 2.24) is 4.57 Å². The number of hydrogen-bond donors (Lipinski definition) is 0. The molecule has 0 aliphatic heterocycles. The second-order valence-corrected chi connectivity index (χ2v) is 7.22. The summed E-state index contributed by atoms with van der Waals surface area (Å²) in [7, 11) is 3.38. The van der Waals surface area contributed by atoms with E-state index in [0.717, 1.165) is 36.6 Å². The minimum Gasteiger partial charge on any atom is -0.497 e. The van der Waals surface area contributed by atoms with Crippen molar-refractivity contribution in [2.24, 2.45) is 7.05 Å². The van der Waals surface area contributed by atoms with Gasteiger partial charge >= 0.3 is 0 Å². The van der Waals surface area contributed by atoms with E-state index >= 15 is 0 Å². The highest BCUT2D eigenvalue weighted by Crippen LogP contribution is 2.34. The molecule has 0 radical (unpaired) electrons. The molecule has 2 rings (SSSR count). The lowest BCUT2D eigenvalue weighted by Gasteiger charge is -2.17. The van der Waals surface area contributed by atoms with Crippen LogP contribution in [0.4, 0.5) is 0 Å². The smallest absolute Gasteiger partial charge is 0.297 e. The highest BCUT2D eigenvalue weighted by atomic mass is 16.5. The van der Waals surface area contributed by atoms with Crippen molar-refractivity contribution in [2.45, 2.75) is 65.2 Å². The van der Waals surface area contributed by atoms with Crippen molar-refractivity contribution in [2.75, 3.05) is 20.3 Å². The van der Waals surface area contributed by atoms with E-state index in [1.807, 2.05) is 18.2 Å². The van der Waals surface area contributed by atoms with Crippen LogP contribution in [0.25, 0.3) is 10.9 Å². The summed E-state index contributed by atoms with van der Waals surface area (Å²) >= 11 is 0. The Morgan fingerprint density at radius 2 is 1.50 bits per heavy atom. The van der Waals surface area contributed by atoms with E-state index in [1.54, 1.807) is 18.7 Å². The predicted octanol–water partition coefficient (Wildman–Crippen LogP) is 5.47. The zero-order chi connectivity index (χ0) is 20.4.